The predicted octanol–water partition coefficient (Wildman–Crippen LogP) is 2.98. The van der Waals surface area contributed by atoms with Crippen LogP contribution in [0.4, 0.5) is 10.1 Å². The number of sulfonamides is 1. The molecule has 0 fully saturated rings. The van der Waals surface area contributed by atoms with E-state index in [0.717, 1.165) is 11.1 Å². The molecule has 7 heteroatoms. The van der Waals surface area contributed by atoms with E-state index in [-0.39, 0.29) is 10.6 Å². The smallest absolute Gasteiger partial charge is 0.241 e. The maximum absolute atomic E-state index is 13.5. The van der Waals surface area contributed by atoms with E-state index in [2.05, 4.69) is 10.0 Å². The van der Waals surface area contributed by atoms with Crippen molar-refractivity contribution in [3.8, 4) is 0 Å². The maximum atomic E-state index is 13.5. The van der Waals surface area contributed by atoms with Gasteiger partial charge >= 0.3 is 0 Å². The number of para-hydroxylation sites is 1. The largest absolute Gasteiger partial charge is 0.322 e. The molecule has 0 heterocycles. The van der Waals surface area contributed by atoms with Crippen molar-refractivity contribution in [1.82, 2.24) is 4.72 Å². The van der Waals surface area contributed by atoms with Gasteiger partial charge in [-0.1, -0.05) is 18.2 Å². The number of benzene rings is 2. The molecule has 0 bridgehead atoms. The zero-order valence-electron chi connectivity index (χ0n) is 14.6. The van der Waals surface area contributed by atoms with Crippen LogP contribution >= 0.6 is 0 Å². The minimum atomic E-state index is -3.87. The first-order chi connectivity index (χ1) is 11.6. The lowest BCUT2D eigenvalue weighted by atomic mass is 10.0. The molecule has 2 aromatic rings. The molecule has 1 amide bonds. The summed E-state index contributed by atoms with van der Waals surface area (Å²) < 4.78 is 41.1. The Morgan fingerprint density at radius 2 is 1.60 bits per heavy atom. The van der Waals surface area contributed by atoms with Crippen LogP contribution in [0, 0.1) is 33.5 Å². The molecular formula is C18H21FN2O3S. The fourth-order valence-electron chi connectivity index (χ4n) is 2.57. The summed E-state index contributed by atoms with van der Waals surface area (Å²) in [4.78, 5) is 12.1. The van der Waals surface area contributed by atoms with Crippen molar-refractivity contribution in [3.05, 3.63) is 58.4 Å². The van der Waals surface area contributed by atoms with E-state index in [1.807, 2.05) is 19.9 Å². The standard InChI is InChI=1S/C18H21FN2O3S/c1-11-9-12(2)14(4)18(13(11)3)25(23,24)20-10-17(22)21-16-8-6-5-7-15(16)19/h5-9,20H,10H2,1-4H3,(H,21,22). The molecule has 0 spiro atoms. The molecule has 5 nitrogen and oxygen atoms in total. The SMILES string of the molecule is Cc1cc(C)c(C)c(S(=O)(=O)NCC(=O)Nc2ccccc2F)c1C. The first-order valence-corrected chi connectivity index (χ1v) is 9.23. The van der Waals surface area contributed by atoms with Crippen molar-refractivity contribution in [2.24, 2.45) is 0 Å². The summed E-state index contributed by atoms with van der Waals surface area (Å²) in [5, 5.41) is 2.35. The first-order valence-electron chi connectivity index (χ1n) is 7.75. The highest BCUT2D eigenvalue weighted by Gasteiger charge is 2.22. The number of aryl methyl sites for hydroxylation is 2. The maximum Gasteiger partial charge on any atom is 0.241 e. The summed E-state index contributed by atoms with van der Waals surface area (Å²) in [6, 6.07) is 7.61. The van der Waals surface area contributed by atoms with Crippen LogP contribution in [0.3, 0.4) is 0 Å². The Kier molecular flexibility index (Phi) is 5.59. The molecular weight excluding hydrogens is 343 g/mol. The molecule has 2 rings (SSSR count). The zero-order chi connectivity index (χ0) is 18.8. The predicted molar refractivity (Wildman–Crippen MR) is 95.6 cm³/mol. The van der Waals surface area contributed by atoms with Crippen molar-refractivity contribution in [2.45, 2.75) is 32.6 Å². The summed E-state index contributed by atoms with van der Waals surface area (Å²) in [6.07, 6.45) is 0. The van der Waals surface area contributed by atoms with Gasteiger partial charge in [0.25, 0.3) is 0 Å². The summed E-state index contributed by atoms with van der Waals surface area (Å²) in [5.74, 6) is -1.23. The summed E-state index contributed by atoms with van der Waals surface area (Å²) >= 11 is 0. The van der Waals surface area contributed by atoms with Crippen LogP contribution < -0.4 is 10.0 Å². The third-order valence-corrected chi connectivity index (χ3v) is 5.81. The van der Waals surface area contributed by atoms with Crippen molar-refractivity contribution in [2.75, 3.05) is 11.9 Å². The van der Waals surface area contributed by atoms with Crippen LogP contribution in [0.15, 0.2) is 35.2 Å². The second-order valence-electron chi connectivity index (χ2n) is 5.94. The number of carbonyl (C=O) groups excluding carboxylic acids is 1. The molecule has 0 unspecified atom stereocenters. The van der Waals surface area contributed by atoms with Crippen LogP contribution in [-0.2, 0) is 14.8 Å². The number of carbonyl (C=O) groups is 1. The van der Waals surface area contributed by atoms with Crippen LogP contribution in [0.25, 0.3) is 0 Å². The van der Waals surface area contributed by atoms with Crippen molar-refractivity contribution < 1.29 is 17.6 Å². The van der Waals surface area contributed by atoms with Gasteiger partial charge in [0.15, 0.2) is 0 Å². The Morgan fingerprint density at radius 1 is 1.04 bits per heavy atom. The number of rotatable bonds is 5. The lowest BCUT2D eigenvalue weighted by Gasteiger charge is -2.16. The third kappa shape index (κ3) is 4.24. The summed E-state index contributed by atoms with van der Waals surface area (Å²) in [6.45, 7) is 6.66. The Bertz CT molecular complexity index is 898. The molecule has 0 aliphatic heterocycles. The van der Waals surface area contributed by atoms with E-state index in [9.17, 15) is 17.6 Å². The number of halogens is 1. The van der Waals surface area contributed by atoms with Crippen molar-refractivity contribution >= 4 is 21.6 Å². The molecule has 0 saturated heterocycles. The Morgan fingerprint density at radius 3 is 2.16 bits per heavy atom. The molecule has 0 saturated carbocycles. The van der Waals surface area contributed by atoms with Gasteiger partial charge in [0, 0.05) is 0 Å². The second-order valence-corrected chi connectivity index (χ2v) is 7.65. The molecule has 2 N–H and O–H groups in total. The third-order valence-electron chi connectivity index (χ3n) is 4.14. The molecule has 0 radical (unpaired) electrons. The van der Waals surface area contributed by atoms with Crippen LogP contribution in [0.1, 0.15) is 22.3 Å². The fraction of sp³-hybridized carbons (Fsp3) is 0.278. The van der Waals surface area contributed by atoms with Crippen LogP contribution in [0.5, 0.6) is 0 Å². The molecule has 0 aliphatic rings. The second kappa shape index (κ2) is 7.33. The highest BCUT2D eigenvalue weighted by molar-refractivity contribution is 7.89. The number of anilines is 1. The quantitative estimate of drug-likeness (QED) is 0.856. The minimum absolute atomic E-state index is 0.00505. The average molecular weight is 364 g/mol. The molecule has 2 aromatic carbocycles. The van der Waals surface area contributed by atoms with Gasteiger partial charge in [-0.25, -0.2) is 17.5 Å². The Labute approximate surface area is 147 Å². The molecule has 0 atom stereocenters. The lowest BCUT2D eigenvalue weighted by Crippen LogP contribution is -2.34. The Hall–Kier alpha value is -2.25. The van der Waals surface area contributed by atoms with Gasteiger partial charge < -0.3 is 5.32 Å². The molecule has 0 aliphatic carbocycles. The normalized spacial score (nSPS) is 11.4. The van der Waals surface area contributed by atoms with E-state index >= 15 is 0 Å². The lowest BCUT2D eigenvalue weighted by molar-refractivity contribution is -0.115. The first kappa shape index (κ1) is 19.1. The monoisotopic (exact) mass is 364 g/mol. The van der Waals surface area contributed by atoms with Crippen molar-refractivity contribution in [1.29, 1.82) is 0 Å². The highest BCUT2D eigenvalue weighted by atomic mass is 32.2. The fourth-order valence-corrected chi connectivity index (χ4v) is 4.17. The van der Waals surface area contributed by atoms with E-state index < -0.39 is 28.3 Å². The van der Waals surface area contributed by atoms with Gasteiger partial charge in [-0.2, -0.15) is 0 Å². The molecule has 134 valence electrons. The Balaban J connectivity index is 2.18. The van der Waals surface area contributed by atoms with E-state index in [0.29, 0.717) is 11.1 Å². The topological polar surface area (TPSA) is 75.3 Å². The number of hydrogen-bond donors (Lipinski definition) is 2. The van der Waals surface area contributed by atoms with E-state index in [4.69, 9.17) is 0 Å². The van der Waals surface area contributed by atoms with Gasteiger partial charge in [0.1, 0.15) is 5.82 Å². The number of amides is 1. The average Bonchev–Trinajstić information content (AvgIpc) is 2.53. The molecule has 0 aromatic heterocycles. The van der Waals surface area contributed by atoms with Gasteiger partial charge in [-0.05, 0) is 62.1 Å². The zero-order valence-corrected chi connectivity index (χ0v) is 15.4. The van der Waals surface area contributed by atoms with Gasteiger partial charge in [0.2, 0.25) is 15.9 Å². The van der Waals surface area contributed by atoms with Gasteiger partial charge in [0.05, 0.1) is 17.1 Å². The van der Waals surface area contributed by atoms with E-state index in [1.54, 1.807) is 19.9 Å². The summed E-state index contributed by atoms with van der Waals surface area (Å²) in [5.41, 5.74) is 3.01. The van der Waals surface area contributed by atoms with Gasteiger partial charge in [-0.3, -0.25) is 4.79 Å². The molecule has 25 heavy (non-hydrogen) atoms. The van der Waals surface area contributed by atoms with Crippen LogP contribution in [-0.4, -0.2) is 20.9 Å². The van der Waals surface area contributed by atoms with E-state index in [1.165, 1.54) is 18.2 Å². The van der Waals surface area contributed by atoms with Crippen LogP contribution in [0.2, 0.25) is 0 Å². The minimum Gasteiger partial charge on any atom is -0.322 e. The summed E-state index contributed by atoms with van der Waals surface area (Å²) in [7, 11) is -3.87. The number of hydrogen-bond acceptors (Lipinski definition) is 3. The van der Waals surface area contributed by atoms with Crippen molar-refractivity contribution in [3.63, 3.8) is 0 Å². The number of nitrogens with one attached hydrogen (secondary N) is 2. The highest BCUT2D eigenvalue weighted by Crippen LogP contribution is 2.25. The van der Waals surface area contributed by atoms with Gasteiger partial charge in [-0.15, -0.1) is 0 Å².